The van der Waals surface area contributed by atoms with Gasteiger partial charge in [0, 0.05) is 66.4 Å². The Kier molecular flexibility index (Phi) is 8.89. The highest BCUT2D eigenvalue weighted by Gasteiger charge is 2.45. The van der Waals surface area contributed by atoms with E-state index in [9.17, 15) is 19.2 Å². The molecule has 2 aliphatic heterocycles. The van der Waals surface area contributed by atoms with Gasteiger partial charge in [-0.3, -0.25) is 0 Å². The van der Waals surface area contributed by atoms with Gasteiger partial charge in [-0.05, 0) is 168 Å². The van der Waals surface area contributed by atoms with Crippen LogP contribution in [0.3, 0.4) is 0 Å². The Balaban J connectivity index is 0.997. The molecule has 14 aromatic carbocycles. The van der Waals surface area contributed by atoms with Crippen LogP contribution in [0, 0.1) is 0 Å². The van der Waals surface area contributed by atoms with Crippen molar-refractivity contribution in [1.82, 2.24) is 9.13 Å². The molecular formula is C92H69BN4O. The van der Waals surface area contributed by atoms with Crippen molar-refractivity contribution in [3.8, 4) is 55.9 Å². The lowest BCUT2D eigenvalue weighted by Crippen LogP contribution is -2.61. The van der Waals surface area contributed by atoms with E-state index in [4.69, 9.17) is 14.0 Å². The van der Waals surface area contributed by atoms with Crippen molar-refractivity contribution < 1.29 is 33.2 Å². The smallest absolute Gasteiger partial charge is 0.252 e. The number of furan rings is 1. The average molecular weight is 1280 g/mol. The number of anilines is 6. The van der Waals surface area contributed by atoms with E-state index in [1.54, 1.807) is 48.5 Å². The predicted octanol–water partition coefficient (Wildman–Crippen LogP) is 23.1. The van der Waals surface area contributed by atoms with Crippen LogP contribution in [0.25, 0.3) is 121 Å². The maximum absolute atomic E-state index is 9.94. The number of para-hydroxylation sites is 6. The fourth-order valence-corrected chi connectivity index (χ4v) is 14.9. The molecule has 17 aromatic rings. The van der Waals surface area contributed by atoms with Crippen LogP contribution in [0.4, 0.5) is 34.1 Å². The fourth-order valence-electron chi connectivity index (χ4n) is 14.9. The Bertz CT molecular complexity index is 7160. The third kappa shape index (κ3) is 9.01. The van der Waals surface area contributed by atoms with Gasteiger partial charge in [0.25, 0.3) is 6.71 Å². The summed E-state index contributed by atoms with van der Waals surface area (Å²) in [7, 11) is 0. The van der Waals surface area contributed by atoms with Gasteiger partial charge in [0.1, 0.15) is 0 Å². The first-order chi connectivity index (χ1) is 56.6. The summed E-state index contributed by atoms with van der Waals surface area (Å²) in [6.07, 6.45) is 0. The lowest BCUT2D eigenvalue weighted by molar-refractivity contribution is 0.569. The molecule has 0 bridgehead atoms. The number of rotatable bonds is 8. The van der Waals surface area contributed by atoms with Gasteiger partial charge in [0.15, 0.2) is 11.2 Å². The number of nitrogens with zero attached hydrogens (tertiary/aromatic N) is 4. The van der Waals surface area contributed by atoms with Crippen molar-refractivity contribution in [3.63, 3.8) is 0 Å². The second-order valence-corrected chi connectivity index (χ2v) is 27.3. The first-order valence-electron chi connectivity index (χ1n) is 43.1. The Morgan fingerprint density at radius 2 is 0.745 bits per heavy atom. The predicted molar refractivity (Wildman–Crippen MR) is 416 cm³/mol. The average Bonchev–Trinajstić information content (AvgIpc) is 1.50. The van der Waals surface area contributed by atoms with Gasteiger partial charge in [-0.1, -0.05) is 266 Å². The molecule has 0 saturated heterocycles. The molecule has 0 amide bonds. The summed E-state index contributed by atoms with van der Waals surface area (Å²) in [6.45, 7) is 12.3. The molecule has 0 N–H and O–H groups in total. The Hall–Kier alpha value is -11.9. The minimum Gasteiger partial charge on any atom is -0.452 e. The Labute approximate surface area is 600 Å². The molecule has 6 heteroatoms. The summed E-state index contributed by atoms with van der Waals surface area (Å²) in [4.78, 5) is 4.10. The number of hydrogen-bond acceptors (Lipinski definition) is 3. The van der Waals surface area contributed by atoms with E-state index in [1.807, 2.05) is 83.8 Å². The molecule has 0 unspecified atom stereocenters. The van der Waals surface area contributed by atoms with E-state index < -0.39 is 134 Å². The third-order valence-corrected chi connectivity index (χ3v) is 19.5. The number of hydrogen-bond donors (Lipinski definition) is 0. The lowest BCUT2D eigenvalue weighted by Gasteiger charge is -2.44. The van der Waals surface area contributed by atoms with Crippen molar-refractivity contribution in [1.29, 1.82) is 0 Å². The van der Waals surface area contributed by atoms with E-state index >= 15 is 0 Å². The highest BCUT2D eigenvalue weighted by atomic mass is 16.3. The molecule has 0 aliphatic carbocycles. The van der Waals surface area contributed by atoms with E-state index in [0.717, 1.165) is 50.0 Å². The Morgan fingerprint density at radius 3 is 1.30 bits per heavy atom. The number of fused-ring (bicyclic) bond motifs is 13. The summed E-state index contributed by atoms with van der Waals surface area (Å²) in [5, 5.41) is 0.280. The van der Waals surface area contributed by atoms with Crippen LogP contribution in [-0.4, -0.2) is 15.8 Å². The van der Waals surface area contributed by atoms with E-state index in [-0.39, 0.29) is 93.8 Å². The lowest BCUT2D eigenvalue weighted by atomic mass is 9.33. The molecular weight excluding hydrogens is 1190 g/mol. The Morgan fingerprint density at radius 1 is 0.296 bits per heavy atom. The molecule has 5 nitrogen and oxygen atoms in total. The second-order valence-electron chi connectivity index (χ2n) is 27.3. The van der Waals surface area contributed by atoms with Crippen molar-refractivity contribution in [3.05, 3.63) is 320 Å². The largest absolute Gasteiger partial charge is 0.452 e. The first kappa shape index (κ1) is 39.9. The number of benzene rings is 14. The van der Waals surface area contributed by atoms with Crippen LogP contribution in [0.2, 0.25) is 0 Å². The normalized spacial score (nSPS) is 15.9. The molecule has 98 heavy (non-hydrogen) atoms. The van der Waals surface area contributed by atoms with Crippen molar-refractivity contribution in [2.24, 2.45) is 0 Å². The standard InChI is InChI=1S/C92H69BN4O/c1-91(2,3)66-49-64(50-67(56-66)92(4,5)6)61-44-46-76-84(53-61)95(69-51-62(58-26-10-7-11-27-58)48-63(52-69)59-28-12-8-13-29-59)86-54-65(60-30-14-9-15-31-60)55-87-88(86)93(76)77-47-45-68(94-78-38-20-16-32-70(78)71-33-17-21-39-79(71)94)57-85(77)97(87)83-43-25-37-75-74-36-24-42-82(89(74)98-90(75)83)96-80-40-22-18-34-72(80)73-35-19-23-41-81(73)96/h7-57H,1-6H3/i9D,14D,15D,16D,17D,18D,19D,20D,21D,22D,23D,30D,31D,32D,33D,34D,35D,38D,39D,40D,41D. The minimum absolute atomic E-state index is 0.104. The molecule has 466 valence electrons. The van der Waals surface area contributed by atoms with Gasteiger partial charge in [0.2, 0.25) is 0 Å². The van der Waals surface area contributed by atoms with Gasteiger partial charge < -0.3 is 23.4 Å². The maximum atomic E-state index is 9.94. The fraction of sp³-hybridized carbons (Fsp3) is 0.0870. The van der Waals surface area contributed by atoms with Crippen LogP contribution >= 0.6 is 0 Å². The summed E-state index contributed by atoms with van der Waals surface area (Å²) in [5.74, 6) is 0. The third-order valence-electron chi connectivity index (χ3n) is 19.5. The zero-order chi connectivity index (χ0) is 84.0. The molecule has 5 heterocycles. The molecule has 0 saturated carbocycles. The van der Waals surface area contributed by atoms with Crippen LogP contribution in [0.15, 0.2) is 313 Å². The van der Waals surface area contributed by atoms with E-state index in [2.05, 4.69) is 101 Å². The number of aromatic nitrogens is 2. The van der Waals surface area contributed by atoms with Gasteiger partial charge in [-0.15, -0.1) is 0 Å². The van der Waals surface area contributed by atoms with E-state index in [0.29, 0.717) is 50.1 Å². The summed E-state index contributed by atoms with van der Waals surface area (Å²) in [5.41, 5.74) is 11.8. The zero-order valence-corrected chi connectivity index (χ0v) is 54.1. The van der Waals surface area contributed by atoms with Gasteiger partial charge >= 0.3 is 0 Å². The zero-order valence-electron chi connectivity index (χ0n) is 75.1. The second kappa shape index (κ2) is 21.8. The highest BCUT2D eigenvalue weighted by Crippen LogP contribution is 2.52. The van der Waals surface area contributed by atoms with Crippen LogP contribution in [-0.2, 0) is 10.8 Å². The molecule has 19 rings (SSSR count). The van der Waals surface area contributed by atoms with Gasteiger partial charge in [-0.2, -0.15) is 0 Å². The molecule has 3 aromatic heterocycles. The quantitative estimate of drug-likeness (QED) is 0.142. The SMILES string of the molecule is [2H]c1c([2H])c([2H])c(-c2cc3c4c(c2)N(c2cccc5c2oc2c(-n6c7c([2H])c([2H])c([2H])c([2H])c7c7c([2H])c([2H])c([2H])c([2H])c76)cccc25)c2cc(-n5c6c([2H])c([2H])c([2H])c([2H])c6c6c([2H])c([2H])c([2H])c([2H])c65)ccc2B4c2ccc(-c4cc(C(C)(C)C)cc(C(C)(C)C)c4)cc2N3c2cc(-c3ccccc3)cc(-c3ccccc3)c2)c([2H])c1[2H]. The summed E-state index contributed by atoms with van der Waals surface area (Å²) in [6, 6.07) is 47.1. The molecule has 0 radical (unpaired) electrons. The first-order valence-corrected chi connectivity index (χ1v) is 32.6. The van der Waals surface area contributed by atoms with Crippen molar-refractivity contribution in [2.75, 3.05) is 9.80 Å². The van der Waals surface area contributed by atoms with E-state index in [1.165, 1.54) is 9.13 Å². The van der Waals surface area contributed by atoms with Gasteiger partial charge in [0.05, 0.1) is 62.2 Å². The minimum atomic E-state index is -0.824. The van der Waals surface area contributed by atoms with Crippen LogP contribution in [0.5, 0.6) is 0 Å². The summed E-state index contributed by atoms with van der Waals surface area (Å²) < 4.78 is 207. The molecule has 0 spiro atoms. The molecule has 0 atom stereocenters. The topological polar surface area (TPSA) is 29.5 Å². The highest BCUT2D eigenvalue weighted by molar-refractivity contribution is 7.00. The summed E-state index contributed by atoms with van der Waals surface area (Å²) >= 11 is 0. The van der Waals surface area contributed by atoms with Crippen LogP contribution < -0.4 is 26.2 Å². The monoisotopic (exact) mass is 1280 g/mol. The molecule has 2 aliphatic rings. The van der Waals surface area contributed by atoms with Crippen LogP contribution in [0.1, 0.15) is 81.5 Å². The van der Waals surface area contributed by atoms with Crippen molar-refractivity contribution >= 4 is 123 Å². The van der Waals surface area contributed by atoms with Gasteiger partial charge in [-0.25, -0.2) is 0 Å². The maximum Gasteiger partial charge on any atom is 0.252 e. The van der Waals surface area contributed by atoms with Crippen molar-refractivity contribution in [2.45, 2.75) is 52.4 Å². The molecule has 0 fully saturated rings.